The van der Waals surface area contributed by atoms with Gasteiger partial charge in [-0.05, 0) is 112 Å². The lowest BCUT2D eigenvalue weighted by atomic mass is 9.92. The Labute approximate surface area is 311 Å². The second kappa shape index (κ2) is 13.1. The molecule has 248 valence electrons. The van der Waals surface area contributed by atoms with Gasteiger partial charge in [-0.2, -0.15) is 0 Å². The van der Waals surface area contributed by atoms with E-state index in [-0.39, 0.29) is 0 Å². The first-order chi connectivity index (χ1) is 26.2. The van der Waals surface area contributed by atoms with Crippen LogP contribution in [0.4, 0.5) is 0 Å². The molecule has 53 heavy (non-hydrogen) atoms. The third-order valence-electron chi connectivity index (χ3n) is 11.0. The fourth-order valence-corrected chi connectivity index (χ4v) is 8.12. The summed E-state index contributed by atoms with van der Waals surface area (Å²) in [7, 11) is 0. The van der Waals surface area contributed by atoms with E-state index in [0.29, 0.717) is 0 Å². The van der Waals surface area contributed by atoms with E-state index >= 15 is 0 Å². The number of hydrogen-bond acceptors (Lipinski definition) is 0. The molecule has 0 N–H and O–H groups in total. The van der Waals surface area contributed by atoms with Crippen molar-refractivity contribution in [2.75, 3.05) is 0 Å². The van der Waals surface area contributed by atoms with Crippen LogP contribution < -0.4 is 0 Å². The lowest BCUT2D eigenvalue weighted by Crippen LogP contribution is -1.90. The van der Waals surface area contributed by atoms with Crippen LogP contribution in [0, 0.1) is 0 Å². The minimum Gasteiger partial charge on any atom is -0.0716 e. The smallest absolute Gasteiger partial charge is 0.00818 e. The quantitative estimate of drug-likeness (QED) is 0.165. The van der Waals surface area contributed by atoms with Crippen LogP contribution in [0.2, 0.25) is 0 Å². The molecule has 0 spiro atoms. The first kappa shape index (κ1) is 31.0. The van der Waals surface area contributed by atoms with E-state index in [9.17, 15) is 0 Å². The van der Waals surface area contributed by atoms with E-state index in [4.69, 9.17) is 0 Å². The molecule has 0 aliphatic heterocycles. The Bertz CT molecular complexity index is 2790. The van der Waals surface area contributed by atoms with Crippen LogP contribution in [0.5, 0.6) is 0 Å². The van der Waals surface area contributed by atoms with Crippen molar-refractivity contribution < 1.29 is 0 Å². The number of rotatable bonds is 6. The molecule has 0 fully saturated rings. The molecule has 1 aliphatic rings. The van der Waals surface area contributed by atoms with Crippen molar-refractivity contribution in [1.29, 1.82) is 0 Å². The van der Waals surface area contributed by atoms with Gasteiger partial charge in [-0.25, -0.2) is 0 Å². The van der Waals surface area contributed by atoms with Crippen molar-refractivity contribution in [3.63, 3.8) is 0 Å². The molecule has 9 aromatic carbocycles. The lowest BCUT2D eigenvalue weighted by Gasteiger charge is -2.12. The van der Waals surface area contributed by atoms with Crippen molar-refractivity contribution in [1.82, 2.24) is 0 Å². The lowest BCUT2D eigenvalue weighted by molar-refractivity contribution is 1.31. The van der Waals surface area contributed by atoms with E-state index in [1.54, 1.807) is 0 Å². The zero-order valence-corrected chi connectivity index (χ0v) is 29.3. The third kappa shape index (κ3) is 5.75. The van der Waals surface area contributed by atoms with Gasteiger partial charge < -0.3 is 0 Å². The summed E-state index contributed by atoms with van der Waals surface area (Å²) in [5, 5.41) is 5.12. The van der Waals surface area contributed by atoms with Crippen molar-refractivity contribution >= 4 is 27.1 Å². The van der Waals surface area contributed by atoms with Gasteiger partial charge in [0.25, 0.3) is 0 Å². The van der Waals surface area contributed by atoms with Crippen LogP contribution in [0.15, 0.2) is 206 Å². The maximum Gasteiger partial charge on any atom is -0.00818 e. The molecule has 9 aromatic rings. The number of benzene rings is 9. The van der Waals surface area contributed by atoms with Gasteiger partial charge in [0.15, 0.2) is 0 Å². The molecule has 0 amide bonds. The van der Waals surface area contributed by atoms with E-state index < -0.39 is 0 Å². The summed E-state index contributed by atoms with van der Waals surface area (Å²) in [6.07, 6.45) is 3.35. The van der Waals surface area contributed by atoms with E-state index in [0.717, 1.165) is 6.42 Å². The molecule has 10 rings (SSSR count). The number of allylic oxidation sites excluding steroid dienone is 1. The van der Waals surface area contributed by atoms with Crippen molar-refractivity contribution in [3.05, 3.63) is 223 Å². The normalized spacial score (nSPS) is 12.2. The predicted octanol–water partition coefficient (Wildman–Crippen LogP) is 14.3. The van der Waals surface area contributed by atoms with Gasteiger partial charge in [0.1, 0.15) is 0 Å². The Morgan fingerprint density at radius 2 is 0.642 bits per heavy atom. The van der Waals surface area contributed by atoms with Crippen molar-refractivity contribution in [3.8, 4) is 55.6 Å². The molecule has 1 aliphatic carbocycles. The minimum absolute atomic E-state index is 0.968. The van der Waals surface area contributed by atoms with E-state index in [1.165, 1.54) is 99.4 Å². The SMILES string of the molecule is C1=C(c2ccc(-c3ccc(-c4cccc5ccccc45)cc3)cc2)c2cc(-c3ccc(-c4ccc(-c5cccc6ccccc56)cc4)cc3)ccc2C1. The van der Waals surface area contributed by atoms with Crippen LogP contribution in [0.25, 0.3) is 82.8 Å². The van der Waals surface area contributed by atoms with Gasteiger partial charge in [-0.15, -0.1) is 0 Å². The molecule has 0 bridgehead atoms. The molecule has 0 saturated carbocycles. The molecule has 0 saturated heterocycles. The molecule has 0 nitrogen and oxygen atoms in total. The summed E-state index contributed by atoms with van der Waals surface area (Å²) >= 11 is 0. The fraction of sp³-hybridized carbons (Fsp3) is 0.0189. The molecule has 0 radical (unpaired) electrons. The number of fused-ring (bicyclic) bond motifs is 3. The summed E-state index contributed by atoms with van der Waals surface area (Å²) in [6.45, 7) is 0. The Kier molecular flexibility index (Phi) is 7.66. The van der Waals surface area contributed by atoms with Gasteiger partial charge >= 0.3 is 0 Å². The van der Waals surface area contributed by atoms with Crippen molar-refractivity contribution in [2.24, 2.45) is 0 Å². The first-order valence-electron chi connectivity index (χ1n) is 18.5. The van der Waals surface area contributed by atoms with Gasteiger partial charge in [-0.1, -0.05) is 200 Å². The standard InChI is InChI=1S/C53H36/c1-3-11-48-41(7-1)9-5-13-50(48)43-25-19-37(20-26-43)36-15-17-40(18-16-36)47-32-31-46-33-34-52(53(46)35-47)45-29-23-39(24-30-45)38-21-27-44(28-22-38)51-14-6-10-42-8-2-4-12-49(42)51/h1-32,34-35H,33H2. The summed E-state index contributed by atoms with van der Waals surface area (Å²) in [6, 6.07) is 73.3. The molecule has 0 heteroatoms. The Balaban J connectivity index is 0.864. The second-order valence-electron chi connectivity index (χ2n) is 14.1. The van der Waals surface area contributed by atoms with E-state index in [2.05, 4.69) is 206 Å². The number of hydrogen-bond donors (Lipinski definition) is 0. The molecule has 0 heterocycles. The van der Waals surface area contributed by atoms with Gasteiger partial charge in [0, 0.05) is 0 Å². The monoisotopic (exact) mass is 672 g/mol. The third-order valence-corrected chi connectivity index (χ3v) is 11.0. The summed E-state index contributed by atoms with van der Waals surface area (Å²) in [4.78, 5) is 0. The summed E-state index contributed by atoms with van der Waals surface area (Å²) in [5.41, 5.74) is 17.7. The Morgan fingerprint density at radius 3 is 1.13 bits per heavy atom. The highest BCUT2D eigenvalue weighted by atomic mass is 14.2. The second-order valence-corrected chi connectivity index (χ2v) is 14.1. The molecule has 0 atom stereocenters. The largest absolute Gasteiger partial charge is 0.0716 e. The highest BCUT2D eigenvalue weighted by Crippen LogP contribution is 2.38. The first-order valence-corrected chi connectivity index (χ1v) is 18.5. The molecular weight excluding hydrogens is 637 g/mol. The van der Waals surface area contributed by atoms with Crippen LogP contribution in [0.1, 0.15) is 16.7 Å². The van der Waals surface area contributed by atoms with Crippen LogP contribution in [0.3, 0.4) is 0 Å². The van der Waals surface area contributed by atoms with Gasteiger partial charge in [0.2, 0.25) is 0 Å². The minimum atomic E-state index is 0.968. The van der Waals surface area contributed by atoms with Gasteiger partial charge in [-0.3, -0.25) is 0 Å². The summed E-state index contributed by atoms with van der Waals surface area (Å²) in [5.74, 6) is 0. The van der Waals surface area contributed by atoms with Crippen molar-refractivity contribution in [2.45, 2.75) is 6.42 Å². The van der Waals surface area contributed by atoms with Crippen LogP contribution in [-0.4, -0.2) is 0 Å². The van der Waals surface area contributed by atoms with Crippen LogP contribution >= 0.6 is 0 Å². The van der Waals surface area contributed by atoms with Crippen LogP contribution in [-0.2, 0) is 6.42 Å². The Morgan fingerprint density at radius 1 is 0.264 bits per heavy atom. The summed E-state index contributed by atoms with van der Waals surface area (Å²) < 4.78 is 0. The maximum absolute atomic E-state index is 2.38. The highest BCUT2D eigenvalue weighted by Gasteiger charge is 2.17. The average Bonchev–Trinajstić information content (AvgIpc) is 3.67. The zero-order valence-electron chi connectivity index (χ0n) is 29.3. The Hall–Kier alpha value is -6.76. The molecule has 0 unspecified atom stereocenters. The highest BCUT2D eigenvalue weighted by molar-refractivity contribution is 5.98. The zero-order chi connectivity index (χ0) is 35.1. The molecular formula is C53H36. The fourth-order valence-electron chi connectivity index (χ4n) is 8.12. The average molecular weight is 673 g/mol. The topological polar surface area (TPSA) is 0 Å². The maximum atomic E-state index is 2.38. The predicted molar refractivity (Wildman–Crippen MR) is 226 cm³/mol. The van der Waals surface area contributed by atoms with E-state index in [1.807, 2.05) is 0 Å². The van der Waals surface area contributed by atoms with Gasteiger partial charge in [0.05, 0.1) is 0 Å². The molecule has 0 aromatic heterocycles.